The van der Waals surface area contributed by atoms with Crippen molar-refractivity contribution in [3.8, 4) is 11.5 Å². The number of rotatable bonds is 3. The summed E-state index contributed by atoms with van der Waals surface area (Å²) in [5, 5.41) is 0.682. The van der Waals surface area contributed by atoms with Crippen molar-refractivity contribution in [1.29, 1.82) is 0 Å². The van der Waals surface area contributed by atoms with Crippen LogP contribution in [0.25, 0.3) is 0 Å². The maximum absolute atomic E-state index is 6.24. The van der Waals surface area contributed by atoms with E-state index < -0.39 is 0 Å². The molecule has 5 heteroatoms. The fraction of sp³-hybridized carbons (Fsp3) is 0.312. The van der Waals surface area contributed by atoms with Crippen molar-refractivity contribution in [2.24, 2.45) is 0 Å². The quantitative estimate of drug-likeness (QED) is 0.871. The number of ether oxygens (including phenoxy) is 2. The number of nitrogens with zero attached hydrogens (tertiary/aromatic N) is 2. The molecule has 1 aliphatic heterocycles. The maximum atomic E-state index is 6.24. The van der Waals surface area contributed by atoms with Crippen LogP contribution in [0.1, 0.15) is 11.1 Å². The standard InChI is InChI=1S/C16H17ClN2O2/c1-20-14-8-11-5-7-19(10-12(11)9-15(14)21-2)16-13(17)4-3-6-18-16/h3-4,6,8-9H,5,7,10H2,1-2H3. The Bertz CT molecular complexity index is 661. The number of pyridine rings is 1. The monoisotopic (exact) mass is 304 g/mol. The summed E-state index contributed by atoms with van der Waals surface area (Å²) in [5.74, 6) is 2.37. The summed E-state index contributed by atoms with van der Waals surface area (Å²) in [6.45, 7) is 1.66. The largest absolute Gasteiger partial charge is 0.493 e. The Morgan fingerprint density at radius 3 is 2.52 bits per heavy atom. The molecule has 2 heterocycles. The SMILES string of the molecule is COc1cc2c(cc1OC)CN(c1ncccc1Cl)CC2. The molecule has 4 nitrogen and oxygen atoms in total. The van der Waals surface area contributed by atoms with E-state index in [1.807, 2.05) is 18.2 Å². The van der Waals surface area contributed by atoms with Crippen molar-refractivity contribution in [3.05, 3.63) is 46.6 Å². The number of benzene rings is 1. The third kappa shape index (κ3) is 2.63. The summed E-state index contributed by atoms with van der Waals surface area (Å²) in [5.41, 5.74) is 2.51. The smallest absolute Gasteiger partial charge is 0.161 e. The number of hydrogen-bond acceptors (Lipinski definition) is 4. The molecule has 0 saturated heterocycles. The molecule has 0 bridgehead atoms. The summed E-state index contributed by atoms with van der Waals surface area (Å²) in [6.07, 6.45) is 2.70. The van der Waals surface area contributed by atoms with Gasteiger partial charge in [0.05, 0.1) is 19.2 Å². The highest BCUT2D eigenvalue weighted by molar-refractivity contribution is 6.32. The molecule has 0 unspecified atom stereocenters. The first kappa shape index (κ1) is 14.0. The van der Waals surface area contributed by atoms with Gasteiger partial charge in [0.1, 0.15) is 5.82 Å². The van der Waals surface area contributed by atoms with E-state index in [1.54, 1.807) is 20.4 Å². The highest BCUT2D eigenvalue weighted by atomic mass is 35.5. The van der Waals surface area contributed by atoms with E-state index in [9.17, 15) is 0 Å². The van der Waals surface area contributed by atoms with Gasteiger partial charge in [0.25, 0.3) is 0 Å². The van der Waals surface area contributed by atoms with Gasteiger partial charge in [0.15, 0.2) is 11.5 Å². The average Bonchev–Trinajstić information content (AvgIpc) is 2.53. The Morgan fingerprint density at radius 2 is 1.86 bits per heavy atom. The van der Waals surface area contributed by atoms with Crippen molar-refractivity contribution in [2.75, 3.05) is 25.7 Å². The molecule has 3 rings (SSSR count). The van der Waals surface area contributed by atoms with Crippen LogP contribution in [0.15, 0.2) is 30.5 Å². The van der Waals surface area contributed by atoms with Crippen LogP contribution >= 0.6 is 11.6 Å². The number of aromatic nitrogens is 1. The first-order valence-electron chi connectivity index (χ1n) is 6.82. The summed E-state index contributed by atoms with van der Waals surface area (Å²) in [6, 6.07) is 7.81. The summed E-state index contributed by atoms with van der Waals surface area (Å²) in [4.78, 5) is 6.58. The first-order chi connectivity index (χ1) is 10.2. The minimum absolute atomic E-state index is 0.682. The van der Waals surface area contributed by atoms with E-state index in [0.717, 1.165) is 36.8 Å². The molecular formula is C16H17ClN2O2. The predicted octanol–water partition coefficient (Wildman–Crippen LogP) is 3.31. The first-order valence-corrected chi connectivity index (χ1v) is 7.20. The molecule has 0 atom stereocenters. The highest BCUT2D eigenvalue weighted by Crippen LogP contribution is 2.35. The second-order valence-electron chi connectivity index (χ2n) is 4.96. The van der Waals surface area contributed by atoms with Crippen LogP contribution < -0.4 is 14.4 Å². The normalized spacial score (nSPS) is 13.8. The van der Waals surface area contributed by atoms with Crippen molar-refractivity contribution in [2.45, 2.75) is 13.0 Å². The predicted molar refractivity (Wildman–Crippen MR) is 83.5 cm³/mol. The number of anilines is 1. The van der Waals surface area contributed by atoms with Crippen LogP contribution in [0.2, 0.25) is 5.02 Å². The number of hydrogen-bond donors (Lipinski definition) is 0. The molecule has 0 spiro atoms. The molecule has 1 aromatic heterocycles. The summed E-state index contributed by atoms with van der Waals surface area (Å²) in [7, 11) is 3.31. The Morgan fingerprint density at radius 1 is 1.14 bits per heavy atom. The molecule has 0 aliphatic carbocycles. The molecule has 1 aliphatic rings. The topological polar surface area (TPSA) is 34.6 Å². The average molecular weight is 305 g/mol. The third-order valence-corrected chi connectivity index (χ3v) is 4.05. The molecule has 0 amide bonds. The van der Waals surface area contributed by atoms with E-state index in [0.29, 0.717) is 5.02 Å². The summed E-state index contributed by atoms with van der Waals surface area (Å²) < 4.78 is 10.7. The lowest BCUT2D eigenvalue weighted by Crippen LogP contribution is -2.31. The van der Waals surface area contributed by atoms with Crippen LogP contribution in [-0.2, 0) is 13.0 Å². The Labute approximate surface area is 129 Å². The maximum Gasteiger partial charge on any atom is 0.161 e. The van der Waals surface area contributed by atoms with Crippen LogP contribution in [0, 0.1) is 0 Å². The van der Waals surface area contributed by atoms with E-state index in [4.69, 9.17) is 21.1 Å². The van der Waals surface area contributed by atoms with Gasteiger partial charge in [-0.1, -0.05) is 11.6 Å². The number of fused-ring (bicyclic) bond motifs is 1. The fourth-order valence-corrected chi connectivity index (χ4v) is 2.92. The van der Waals surface area contributed by atoms with E-state index in [1.165, 1.54) is 11.1 Å². The Hall–Kier alpha value is -1.94. The van der Waals surface area contributed by atoms with Crippen molar-refractivity contribution in [3.63, 3.8) is 0 Å². The summed E-state index contributed by atoms with van der Waals surface area (Å²) >= 11 is 6.24. The van der Waals surface area contributed by atoms with Gasteiger partial charge in [-0.15, -0.1) is 0 Å². The zero-order valence-electron chi connectivity index (χ0n) is 12.1. The molecule has 0 fully saturated rings. The van der Waals surface area contributed by atoms with Gasteiger partial charge in [-0.05, 0) is 41.8 Å². The molecule has 110 valence electrons. The second kappa shape index (κ2) is 5.82. The molecule has 0 radical (unpaired) electrons. The molecule has 21 heavy (non-hydrogen) atoms. The van der Waals surface area contributed by atoms with Gasteiger partial charge in [0, 0.05) is 19.3 Å². The van der Waals surface area contributed by atoms with Gasteiger partial charge in [-0.3, -0.25) is 0 Å². The van der Waals surface area contributed by atoms with E-state index in [2.05, 4.69) is 16.0 Å². The lowest BCUT2D eigenvalue weighted by atomic mass is 9.99. The molecular weight excluding hydrogens is 288 g/mol. The van der Waals surface area contributed by atoms with Crippen LogP contribution in [0.5, 0.6) is 11.5 Å². The molecule has 0 N–H and O–H groups in total. The van der Waals surface area contributed by atoms with Gasteiger partial charge >= 0.3 is 0 Å². The van der Waals surface area contributed by atoms with Crippen LogP contribution in [-0.4, -0.2) is 25.7 Å². The van der Waals surface area contributed by atoms with Crippen molar-refractivity contribution >= 4 is 17.4 Å². The lowest BCUT2D eigenvalue weighted by molar-refractivity contribution is 0.353. The third-order valence-electron chi connectivity index (χ3n) is 3.76. The molecule has 0 saturated carbocycles. The van der Waals surface area contributed by atoms with Gasteiger partial charge in [-0.2, -0.15) is 0 Å². The molecule has 1 aromatic carbocycles. The van der Waals surface area contributed by atoms with Gasteiger partial charge in [0.2, 0.25) is 0 Å². The fourth-order valence-electron chi connectivity index (χ4n) is 2.67. The Balaban J connectivity index is 1.93. The number of halogens is 1. The lowest BCUT2D eigenvalue weighted by Gasteiger charge is -2.30. The van der Waals surface area contributed by atoms with E-state index in [-0.39, 0.29) is 0 Å². The Kier molecular flexibility index (Phi) is 3.88. The minimum atomic E-state index is 0.682. The van der Waals surface area contributed by atoms with E-state index >= 15 is 0 Å². The zero-order valence-corrected chi connectivity index (χ0v) is 12.9. The van der Waals surface area contributed by atoms with Crippen molar-refractivity contribution in [1.82, 2.24) is 4.98 Å². The van der Waals surface area contributed by atoms with Crippen LogP contribution in [0.3, 0.4) is 0 Å². The minimum Gasteiger partial charge on any atom is -0.493 e. The highest BCUT2D eigenvalue weighted by Gasteiger charge is 2.21. The van der Waals surface area contributed by atoms with Gasteiger partial charge in [-0.25, -0.2) is 4.98 Å². The number of methoxy groups -OCH3 is 2. The second-order valence-corrected chi connectivity index (χ2v) is 5.36. The van der Waals surface area contributed by atoms with Crippen molar-refractivity contribution < 1.29 is 9.47 Å². The zero-order chi connectivity index (χ0) is 14.8. The molecule has 2 aromatic rings. The van der Waals surface area contributed by atoms with Crippen LogP contribution in [0.4, 0.5) is 5.82 Å². The van der Waals surface area contributed by atoms with Gasteiger partial charge < -0.3 is 14.4 Å².